The van der Waals surface area contributed by atoms with E-state index in [1.165, 1.54) is 30.6 Å². The Balaban J connectivity index is 2.26. The Bertz CT molecular complexity index is 909. The maximum Gasteiger partial charge on any atom is 0.335 e. The molecule has 0 fully saturated rings. The van der Waals surface area contributed by atoms with Crippen LogP contribution in [0.25, 0.3) is 16.7 Å². The van der Waals surface area contributed by atoms with Crippen molar-refractivity contribution in [1.29, 1.82) is 5.26 Å². The van der Waals surface area contributed by atoms with Crippen LogP contribution in [0.4, 0.5) is 4.39 Å². The van der Waals surface area contributed by atoms with Gasteiger partial charge in [0.05, 0.1) is 22.3 Å². The van der Waals surface area contributed by atoms with Crippen molar-refractivity contribution in [3.8, 4) is 11.8 Å². The van der Waals surface area contributed by atoms with Crippen LogP contribution >= 0.6 is 0 Å². The van der Waals surface area contributed by atoms with Gasteiger partial charge in [0.15, 0.2) is 0 Å². The molecule has 0 unspecified atom stereocenters. The van der Waals surface area contributed by atoms with E-state index < -0.39 is 11.8 Å². The largest absolute Gasteiger partial charge is 0.478 e. The van der Waals surface area contributed by atoms with Crippen LogP contribution in [0, 0.1) is 17.1 Å². The normalized spacial score (nSPS) is 10.5. The number of nitrogens with zero attached hydrogens (tertiary/aromatic N) is 3. The lowest BCUT2D eigenvalue weighted by molar-refractivity contribution is 0.0697. The van der Waals surface area contributed by atoms with E-state index >= 15 is 0 Å². The minimum atomic E-state index is -1.05. The van der Waals surface area contributed by atoms with Gasteiger partial charge in [0.25, 0.3) is 0 Å². The van der Waals surface area contributed by atoms with Gasteiger partial charge in [-0.15, -0.1) is 0 Å². The number of aromatic carboxylic acids is 1. The molecular weight excluding hydrogens is 273 g/mol. The van der Waals surface area contributed by atoms with Crippen molar-refractivity contribution in [1.82, 2.24) is 9.55 Å². The predicted molar refractivity (Wildman–Crippen MR) is 72.7 cm³/mol. The number of nitriles is 1. The lowest BCUT2D eigenvalue weighted by Crippen LogP contribution is -1.99. The van der Waals surface area contributed by atoms with Gasteiger partial charge in [-0.1, -0.05) is 6.07 Å². The molecule has 0 atom stereocenters. The van der Waals surface area contributed by atoms with Gasteiger partial charge in [0, 0.05) is 0 Å². The Morgan fingerprint density at radius 1 is 1.33 bits per heavy atom. The molecule has 0 saturated heterocycles. The van der Waals surface area contributed by atoms with Gasteiger partial charge in [-0.3, -0.25) is 4.57 Å². The van der Waals surface area contributed by atoms with Crippen molar-refractivity contribution in [3.05, 3.63) is 59.7 Å². The van der Waals surface area contributed by atoms with Gasteiger partial charge >= 0.3 is 5.97 Å². The number of hydrogen-bond donors (Lipinski definition) is 1. The molecular formula is C15H8FN3O2. The third-order valence-electron chi connectivity index (χ3n) is 3.16. The zero-order valence-electron chi connectivity index (χ0n) is 10.6. The van der Waals surface area contributed by atoms with E-state index in [4.69, 9.17) is 10.4 Å². The van der Waals surface area contributed by atoms with Crippen LogP contribution in [0.1, 0.15) is 15.9 Å². The summed E-state index contributed by atoms with van der Waals surface area (Å²) in [5.41, 5.74) is 1.46. The lowest BCUT2D eigenvalue weighted by Gasteiger charge is -2.07. The number of fused-ring (bicyclic) bond motifs is 1. The van der Waals surface area contributed by atoms with Crippen molar-refractivity contribution in [2.24, 2.45) is 0 Å². The first-order valence-electron chi connectivity index (χ1n) is 6.01. The zero-order chi connectivity index (χ0) is 15.0. The fourth-order valence-corrected chi connectivity index (χ4v) is 2.16. The first kappa shape index (κ1) is 12.8. The Labute approximate surface area is 118 Å². The third-order valence-corrected chi connectivity index (χ3v) is 3.16. The summed E-state index contributed by atoms with van der Waals surface area (Å²) in [6, 6.07) is 10.6. The third kappa shape index (κ3) is 2.01. The minimum Gasteiger partial charge on any atom is -0.478 e. The summed E-state index contributed by atoms with van der Waals surface area (Å²) >= 11 is 0. The number of carbonyl (C=O) groups is 1. The fraction of sp³-hybridized carbons (Fsp3) is 0. The molecule has 0 bridgehead atoms. The van der Waals surface area contributed by atoms with E-state index in [1.807, 2.05) is 6.07 Å². The highest BCUT2D eigenvalue weighted by atomic mass is 19.1. The quantitative estimate of drug-likeness (QED) is 0.783. The Hall–Kier alpha value is -3.20. The molecule has 6 heteroatoms. The molecule has 0 aliphatic rings. The number of carboxylic acid groups (broad SMARTS) is 1. The molecule has 0 amide bonds. The molecule has 21 heavy (non-hydrogen) atoms. The Morgan fingerprint density at radius 3 is 2.86 bits per heavy atom. The highest BCUT2D eigenvalue weighted by molar-refractivity contribution is 5.92. The average molecular weight is 281 g/mol. The summed E-state index contributed by atoms with van der Waals surface area (Å²) in [5.74, 6) is -1.66. The van der Waals surface area contributed by atoms with Crippen LogP contribution in [0.3, 0.4) is 0 Å². The number of hydrogen-bond acceptors (Lipinski definition) is 3. The standard InChI is InChI=1S/C15H8FN3O2/c16-11-2-1-3-13(10(11)7-17)19-8-18-12-6-9(15(20)21)4-5-14(12)19/h1-6,8H,(H,20,21). The number of halogens is 1. The average Bonchev–Trinajstić information content (AvgIpc) is 2.89. The van der Waals surface area contributed by atoms with E-state index in [1.54, 1.807) is 16.7 Å². The van der Waals surface area contributed by atoms with E-state index in [2.05, 4.69) is 4.98 Å². The number of rotatable bonds is 2. The zero-order valence-corrected chi connectivity index (χ0v) is 10.6. The minimum absolute atomic E-state index is 0.0842. The molecule has 3 aromatic rings. The first-order chi connectivity index (χ1) is 10.1. The topological polar surface area (TPSA) is 78.9 Å². The molecule has 102 valence electrons. The molecule has 0 aliphatic carbocycles. The maximum absolute atomic E-state index is 13.7. The van der Waals surface area contributed by atoms with Crippen LogP contribution in [-0.4, -0.2) is 20.6 Å². The van der Waals surface area contributed by atoms with Crippen molar-refractivity contribution < 1.29 is 14.3 Å². The van der Waals surface area contributed by atoms with Gasteiger partial charge in [-0.2, -0.15) is 5.26 Å². The summed E-state index contributed by atoms with van der Waals surface area (Å²) in [6.07, 6.45) is 1.44. The summed E-state index contributed by atoms with van der Waals surface area (Å²) in [6.45, 7) is 0. The van der Waals surface area contributed by atoms with Crippen LogP contribution < -0.4 is 0 Å². The molecule has 1 heterocycles. The maximum atomic E-state index is 13.7. The summed E-state index contributed by atoms with van der Waals surface area (Å²) in [7, 11) is 0. The van der Waals surface area contributed by atoms with Crippen LogP contribution in [0.15, 0.2) is 42.7 Å². The van der Waals surface area contributed by atoms with E-state index in [9.17, 15) is 9.18 Å². The predicted octanol–water partition coefficient (Wildman–Crippen LogP) is 2.73. The molecule has 0 aliphatic heterocycles. The van der Waals surface area contributed by atoms with E-state index in [0.717, 1.165) is 0 Å². The summed E-state index contributed by atoms with van der Waals surface area (Å²) in [5, 5.41) is 18.0. The monoisotopic (exact) mass is 281 g/mol. The fourth-order valence-electron chi connectivity index (χ4n) is 2.16. The summed E-state index contributed by atoms with van der Waals surface area (Å²) in [4.78, 5) is 15.1. The lowest BCUT2D eigenvalue weighted by atomic mass is 10.1. The van der Waals surface area contributed by atoms with Crippen LogP contribution in [-0.2, 0) is 0 Å². The smallest absolute Gasteiger partial charge is 0.335 e. The second kappa shape index (κ2) is 4.72. The molecule has 0 saturated carbocycles. The van der Waals surface area contributed by atoms with Crippen molar-refractivity contribution >= 4 is 17.0 Å². The number of aromatic nitrogens is 2. The van der Waals surface area contributed by atoms with Crippen LogP contribution in [0.2, 0.25) is 0 Å². The highest BCUT2D eigenvalue weighted by Crippen LogP contribution is 2.23. The summed E-state index contributed by atoms with van der Waals surface area (Å²) < 4.78 is 15.2. The highest BCUT2D eigenvalue weighted by Gasteiger charge is 2.13. The van der Waals surface area contributed by atoms with Gasteiger partial charge in [0.2, 0.25) is 0 Å². The van der Waals surface area contributed by atoms with Gasteiger partial charge in [-0.25, -0.2) is 14.2 Å². The van der Waals surface area contributed by atoms with E-state index in [-0.39, 0.29) is 11.1 Å². The van der Waals surface area contributed by atoms with Crippen LogP contribution in [0.5, 0.6) is 0 Å². The Morgan fingerprint density at radius 2 is 2.14 bits per heavy atom. The van der Waals surface area contributed by atoms with Gasteiger partial charge in [0.1, 0.15) is 23.8 Å². The van der Waals surface area contributed by atoms with Gasteiger partial charge in [-0.05, 0) is 30.3 Å². The second-order valence-corrected chi connectivity index (χ2v) is 4.37. The first-order valence-corrected chi connectivity index (χ1v) is 6.01. The SMILES string of the molecule is N#Cc1c(F)cccc1-n1cnc2cc(C(=O)O)ccc21. The van der Waals surface area contributed by atoms with Crippen molar-refractivity contribution in [2.75, 3.05) is 0 Å². The molecule has 2 aromatic carbocycles. The molecule has 5 nitrogen and oxygen atoms in total. The molecule has 1 N–H and O–H groups in total. The molecule has 0 spiro atoms. The number of benzene rings is 2. The molecule has 0 radical (unpaired) electrons. The second-order valence-electron chi connectivity index (χ2n) is 4.37. The molecule has 3 rings (SSSR count). The molecule has 1 aromatic heterocycles. The van der Waals surface area contributed by atoms with E-state index in [0.29, 0.717) is 16.7 Å². The van der Waals surface area contributed by atoms with Crippen molar-refractivity contribution in [2.45, 2.75) is 0 Å². The number of imidazole rings is 1. The van der Waals surface area contributed by atoms with Crippen molar-refractivity contribution in [3.63, 3.8) is 0 Å². The number of carboxylic acids is 1. The van der Waals surface area contributed by atoms with Gasteiger partial charge < -0.3 is 5.11 Å². The Kier molecular flexibility index (Phi) is 2.88.